The second-order valence-electron chi connectivity index (χ2n) is 8.19. The topological polar surface area (TPSA) is 88.6 Å². The molecule has 1 aromatic heterocycles. The molecule has 2 unspecified atom stereocenters. The number of methoxy groups -OCH3 is 1. The predicted octanol–water partition coefficient (Wildman–Crippen LogP) is 3.58. The Morgan fingerprint density at radius 3 is 2.66 bits per heavy atom. The van der Waals surface area contributed by atoms with E-state index in [1.54, 1.807) is 34.6 Å². The Morgan fingerprint density at radius 2 is 1.88 bits per heavy atom. The predicted molar refractivity (Wildman–Crippen MR) is 122 cm³/mol. The molecule has 0 spiro atoms. The number of aromatic nitrogens is 1. The normalized spacial score (nSPS) is 21.0. The molecule has 32 heavy (non-hydrogen) atoms. The number of carbonyl (C=O) groups excluding carboxylic acids is 1. The van der Waals surface area contributed by atoms with E-state index >= 15 is 0 Å². The fourth-order valence-electron chi connectivity index (χ4n) is 4.59. The first-order chi connectivity index (χ1) is 15.5. The fraction of sp³-hybridized carbons (Fsp3) is 0.417. The van der Waals surface area contributed by atoms with Crippen LogP contribution in [0.4, 0.5) is 5.69 Å². The Kier molecular flexibility index (Phi) is 6.77. The van der Waals surface area contributed by atoms with E-state index in [1.807, 2.05) is 6.07 Å². The molecular formula is C24H27N3O4S. The fourth-order valence-corrected chi connectivity index (χ4v) is 6.17. The first-order valence-corrected chi connectivity index (χ1v) is 12.4. The van der Waals surface area contributed by atoms with Gasteiger partial charge in [0.1, 0.15) is 5.69 Å². The van der Waals surface area contributed by atoms with Gasteiger partial charge in [0.25, 0.3) is 0 Å². The lowest BCUT2D eigenvalue weighted by Gasteiger charge is -2.43. The van der Waals surface area contributed by atoms with Crippen LogP contribution in [0.5, 0.6) is 0 Å². The summed E-state index contributed by atoms with van der Waals surface area (Å²) in [5, 5.41) is 0. The highest BCUT2D eigenvalue weighted by Gasteiger charge is 2.39. The van der Waals surface area contributed by atoms with Crippen molar-refractivity contribution in [3.8, 4) is 11.8 Å². The lowest BCUT2D eigenvalue weighted by molar-refractivity contribution is 0.0594. The second-order valence-corrected chi connectivity index (χ2v) is 9.81. The number of piperidine rings is 1. The van der Waals surface area contributed by atoms with Gasteiger partial charge >= 0.3 is 16.2 Å². The van der Waals surface area contributed by atoms with Crippen molar-refractivity contribution in [1.82, 2.24) is 9.29 Å². The van der Waals surface area contributed by atoms with Gasteiger partial charge in [0.05, 0.1) is 12.8 Å². The van der Waals surface area contributed by atoms with Crippen LogP contribution in [0.15, 0.2) is 42.6 Å². The van der Waals surface area contributed by atoms with Crippen molar-refractivity contribution in [3.63, 3.8) is 0 Å². The van der Waals surface area contributed by atoms with Gasteiger partial charge in [0, 0.05) is 29.9 Å². The molecule has 1 saturated carbocycles. The molecule has 7 nitrogen and oxygen atoms in total. The zero-order valence-corrected chi connectivity index (χ0v) is 18.9. The van der Waals surface area contributed by atoms with E-state index in [-0.39, 0.29) is 11.7 Å². The minimum Gasteiger partial charge on any atom is -0.464 e. The highest BCUT2D eigenvalue weighted by atomic mass is 32.2. The summed E-state index contributed by atoms with van der Waals surface area (Å²) in [6.07, 6.45) is 7.82. The highest BCUT2D eigenvalue weighted by Crippen LogP contribution is 2.37. The molecule has 0 bridgehead atoms. The number of benzene rings is 1. The molecule has 4 rings (SSSR count). The Bertz CT molecular complexity index is 1130. The van der Waals surface area contributed by atoms with Crippen LogP contribution in [0.3, 0.4) is 0 Å². The van der Waals surface area contributed by atoms with Gasteiger partial charge in [-0.3, -0.25) is 4.72 Å². The number of anilines is 1. The van der Waals surface area contributed by atoms with Gasteiger partial charge < -0.3 is 4.74 Å². The molecule has 1 aromatic carbocycles. The lowest BCUT2D eigenvalue weighted by atomic mass is 9.79. The number of pyridine rings is 1. The van der Waals surface area contributed by atoms with Gasteiger partial charge in [-0.05, 0) is 55.9 Å². The van der Waals surface area contributed by atoms with Crippen LogP contribution in [0, 0.1) is 17.8 Å². The number of ether oxygens (including phenoxy) is 1. The molecule has 168 valence electrons. The van der Waals surface area contributed by atoms with Crippen molar-refractivity contribution >= 4 is 21.9 Å². The Morgan fingerprint density at radius 1 is 1.09 bits per heavy atom. The van der Waals surface area contributed by atoms with Crippen molar-refractivity contribution in [1.29, 1.82) is 0 Å². The second kappa shape index (κ2) is 9.72. The van der Waals surface area contributed by atoms with Gasteiger partial charge in [-0.15, -0.1) is 0 Å². The lowest BCUT2D eigenvalue weighted by Crippen LogP contribution is -2.51. The minimum absolute atomic E-state index is 0.0904. The molecule has 2 fully saturated rings. The summed E-state index contributed by atoms with van der Waals surface area (Å²) in [5.41, 5.74) is 1.84. The number of nitrogens with one attached hydrogen (secondary N) is 1. The Hall–Kier alpha value is -2.89. The van der Waals surface area contributed by atoms with Gasteiger partial charge in [0.15, 0.2) is 0 Å². The molecule has 0 radical (unpaired) electrons. The molecule has 2 atom stereocenters. The van der Waals surface area contributed by atoms with Crippen LogP contribution in [-0.4, -0.2) is 43.4 Å². The summed E-state index contributed by atoms with van der Waals surface area (Å²) >= 11 is 0. The quantitative estimate of drug-likeness (QED) is 0.565. The summed E-state index contributed by atoms with van der Waals surface area (Å²) in [7, 11) is -2.38. The van der Waals surface area contributed by atoms with Crippen LogP contribution >= 0.6 is 0 Å². The van der Waals surface area contributed by atoms with Crippen LogP contribution in [-0.2, 0) is 14.9 Å². The Balaban J connectivity index is 1.54. The van der Waals surface area contributed by atoms with Crippen molar-refractivity contribution in [2.24, 2.45) is 5.92 Å². The number of fused-ring (bicyclic) bond motifs is 1. The van der Waals surface area contributed by atoms with Crippen molar-refractivity contribution in [3.05, 3.63) is 59.4 Å². The maximum Gasteiger partial charge on any atom is 0.356 e. The molecule has 2 aliphatic rings. The summed E-state index contributed by atoms with van der Waals surface area (Å²) in [6, 6.07) is 10.4. The molecule has 8 heteroatoms. The van der Waals surface area contributed by atoms with Gasteiger partial charge in [-0.25, -0.2) is 9.78 Å². The molecular weight excluding hydrogens is 426 g/mol. The average Bonchev–Trinajstić information content (AvgIpc) is 2.82. The van der Waals surface area contributed by atoms with Crippen molar-refractivity contribution in [2.45, 2.75) is 44.6 Å². The van der Waals surface area contributed by atoms with Crippen LogP contribution < -0.4 is 4.72 Å². The summed E-state index contributed by atoms with van der Waals surface area (Å²) < 4.78 is 35.6. The van der Waals surface area contributed by atoms with Crippen molar-refractivity contribution < 1.29 is 17.9 Å². The standard InChI is InChI=1S/C24H27N3O4S/c1-31-24(28)22-15-13-18(17-25-22)12-14-19-7-2-4-10-21(19)26-32(29,30)27-16-6-9-20-8-3-5-11-23(20)27/h2,4,7,10,13,15,17,20,23,26H,3,5-6,8-9,11,16H2,1H3. The SMILES string of the molecule is COC(=O)c1ccc(C#Cc2ccccc2NS(=O)(=O)N2CCCC3CCCCC32)cn1. The van der Waals surface area contributed by atoms with E-state index in [0.717, 1.165) is 32.1 Å². The number of carbonyl (C=O) groups is 1. The largest absolute Gasteiger partial charge is 0.464 e. The number of esters is 1. The van der Waals surface area contributed by atoms with E-state index in [1.165, 1.54) is 19.7 Å². The van der Waals surface area contributed by atoms with E-state index in [4.69, 9.17) is 0 Å². The molecule has 2 heterocycles. The maximum absolute atomic E-state index is 13.3. The minimum atomic E-state index is -3.68. The number of rotatable bonds is 4. The molecule has 1 saturated heterocycles. The van der Waals surface area contributed by atoms with E-state index in [0.29, 0.717) is 29.3 Å². The number of hydrogen-bond donors (Lipinski definition) is 1. The van der Waals surface area contributed by atoms with Crippen molar-refractivity contribution in [2.75, 3.05) is 18.4 Å². The summed E-state index contributed by atoms with van der Waals surface area (Å²) in [5.74, 6) is 5.96. The van der Waals surface area contributed by atoms with Gasteiger partial charge in [0.2, 0.25) is 0 Å². The third kappa shape index (κ3) is 4.95. The van der Waals surface area contributed by atoms with Gasteiger partial charge in [-0.2, -0.15) is 12.7 Å². The third-order valence-corrected chi connectivity index (χ3v) is 7.72. The smallest absolute Gasteiger partial charge is 0.356 e. The van der Waals surface area contributed by atoms with Gasteiger partial charge in [-0.1, -0.05) is 36.8 Å². The third-order valence-electron chi connectivity index (χ3n) is 6.17. The van der Waals surface area contributed by atoms with Crippen LogP contribution in [0.2, 0.25) is 0 Å². The monoisotopic (exact) mass is 453 g/mol. The summed E-state index contributed by atoms with van der Waals surface area (Å²) in [6.45, 7) is 0.558. The first-order valence-electron chi connectivity index (χ1n) is 10.9. The zero-order valence-electron chi connectivity index (χ0n) is 18.1. The average molecular weight is 454 g/mol. The summed E-state index contributed by atoms with van der Waals surface area (Å²) in [4.78, 5) is 15.6. The number of hydrogen-bond acceptors (Lipinski definition) is 5. The number of para-hydroxylation sites is 1. The molecule has 2 aromatic rings. The Labute approximate surface area is 189 Å². The molecule has 1 aliphatic heterocycles. The zero-order chi connectivity index (χ0) is 22.6. The van der Waals surface area contributed by atoms with E-state index < -0.39 is 16.2 Å². The first kappa shape index (κ1) is 22.3. The van der Waals surface area contributed by atoms with E-state index in [9.17, 15) is 13.2 Å². The molecule has 1 aliphatic carbocycles. The van der Waals surface area contributed by atoms with Crippen LogP contribution in [0.25, 0.3) is 0 Å². The van der Waals surface area contributed by atoms with E-state index in [2.05, 4.69) is 26.3 Å². The molecule has 1 N–H and O–H groups in total. The number of nitrogens with zero attached hydrogens (tertiary/aromatic N) is 2. The van der Waals surface area contributed by atoms with Crippen LogP contribution in [0.1, 0.15) is 60.1 Å². The highest BCUT2D eigenvalue weighted by molar-refractivity contribution is 7.90. The maximum atomic E-state index is 13.3. The molecule has 0 amide bonds.